The first kappa shape index (κ1) is 20.3. The molecular formula is C22H24N4O3. The van der Waals surface area contributed by atoms with Gasteiger partial charge in [-0.05, 0) is 50.2 Å². The summed E-state index contributed by atoms with van der Waals surface area (Å²) < 4.78 is 0. The van der Waals surface area contributed by atoms with Gasteiger partial charge in [-0.3, -0.25) is 14.4 Å². The Morgan fingerprint density at radius 2 is 1.66 bits per heavy atom. The average Bonchev–Trinajstić information content (AvgIpc) is 2.74. The first-order valence-corrected chi connectivity index (χ1v) is 9.49. The van der Waals surface area contributed by atoms with Crippen molar-refractivity contribution < 1.29 is 14.4 Å². The number of benzene rings is 1. The lowest BCUT2D eigenvalue weighted by Crippen LogP contribution is -2.48. The summed E-state index contributed by atoms with van der Waals surface area (Å²) in [6.45, 7) is 5.65. The zero-order valence-electron chi connectivity index (χ0n) is 16.6. The van der Waals surface area contributed by atoms with Crippen molar-refractivity contribution in [3.63, 3.8) is 0 Å². The standard InChI is InChI=1S/C22H24N4O3/c1-16(22(29)24-19-8-6-18(7-9-19)17(2)27)15-21(28)26-13-11-25(12-14-26)20-5-3-4-10-23-20/h3-10,15H,11-14H2,1-2H3,(H,24,29)/b16-15-. The van der Waals surface area contributed by atoms with E-state index in [0.29, 0.717) is 43.0 Å². The Morgan fingerprint density at radius 3 is 2.24 bits per heavy atom. The van der Waals surface area contributed by atoms with Crippen LogP contribution in [0.4, 0.5) is 11.5 Å². The molecule has 1 aliphatic rings. The summed E-state index contributed by atoms with van der Waals surface area (Å²) in [6, 6.07) is 12.4. The van der Waals surface area contributed by atoms with E-state index in [2.05, 4.69) is 15.2 Å². The van der Waals surface area contributed by atoms with Crippen molar-refractivity contribution in [3.8, 4) is 0 Å². The van der Waals surface area contributed by atoms with Crippen molar-refractivity contribution in [1.82, 2.24) is 9.88 Å². The number of anilines is 2. The number of nitrogens with zero attached hydrogens (tertiary/aromatic N) is 3. The lowest BCUT2D eigenvalue weighted by atomic mass is 10.1. The molecule has 0 radical (unpaired) electrons. The van der Waals surface area contributed by atoms with Crippen LogP contribution in [0.3, 0.4) is 0 Å². The molecule has 1 fully saturated rings. The summed E-state index contributed by atoms with van der Waals surface area (Å²) in [4.78, 5) is 44.4. The van der Waals surface area contributed by atoms with Gasteiger partial charge in [0, 0.05) is 55.3 Å². The van der Waals surface area contributed by atoms with Gasteiger partial charge >= 0.3 is 0 Å². The van der Waals surface area contributed by atoms with Crippen molar-refractivity contribution in [2.75, 3.05) is 36.4 Å². The van der Waals surface area contributed by atoms with E-state index in [1.54, 1.807) is 42.3 Å². The first-order valence-electron chi connectivity index (χ1n) is 9.49. The van der Waals surface area contributed by atoms with Crippen molar-refractivity contribution in [1.29, 1.82) is 0 Å². The summed E-state index contributed by atoms with van der Waals surface area (Å²) >= 11 is 0. The minimum Gasteiger partial charge on any atom is -0.353 e. The van der Waals surface area contributed by atoms with E-state index in [0.717, 1.165) is 5.82 Å². The summed E-state index contributed by atoms with van der Waals surface area (Å²) in [7, 11) is 0. The minimum atomic E-state index is -0.346. The van der Waals surface area contributed by atoms with Gasteiger partial charge in [-0.2, -0.15) is 0 Å². The zero-order valence-corrected chi connectivity index (χ0v) is 16.6. The average molecular weight is 392 g/mol. The Hall–Kier alpha value is -3.48. The second-order valence-electron chi connectivity index (χ2n) is 6.92. The molecule has 1 aromatic carbocycles. The third-order valence-electron chi connectivity index (χ3n) is 4.81. The molecular weight excluding hydrogens is 368 g/mol. The number of rotatable bonds is 5. The third-order valence-corrected chi connectivity index (χ3v) is 4.81. The molecule has 2 aromatic rings. The van der Waals surface area contributed by atoms with Crippen molar-refractivity contribution in [2.45, 2.75) is 13.8 Å². The monoisotopic (exact) mass is 392 g/mol. The molecule has 0 unspecified atom stereocenters. The highest BCUT2D eigenvalue weighted by atomic mass is 16.2. The van der Waals surface area contributed by atoms with E-state index in [-0.39, 0.29) is 17.6 Å². The van der Waals surface area contributed by atoms with Crippen LogP contribution in [0.25, 0.3) is 0 Å². The number of hydrogen-bond acceptors (Lipinski definition) is 5. The van der Waals surface area contributed by atoms with Crippen LogP contribution < -0.4 is 10.2 Å². The fourth-order valence-electron chi connectivity index (χ4n) is 3.06. The Bertz CT molecular complexity index is 915. The normalized spacial score (nSPS) is 14.5. The fourth-order valence-corrected chi connectivity index (χ4v) is 3.06. The molecule has 1 N–H and O–H groups in total. The number of ketones is 1. The molecule has 2 amide bonds. The molecule has 0 atom stereocenters. The molecule has 1 saturated heterocycles. The highest BCUT2D eigenvalue weighted by molar-refractivity contribution is 6.07. The van der Waals surface area contributed by atoms with Crippen LogP contribution in [0.5, 0.6) is 0 Å². The molecule has 1 aromatic heterocycles. The molecule has 7 heteroatoms. The van der Waals surface area contributed by atoms with Crippen LogP contribution in [0, 0.1) is 0 Å². The van der Waals surface area contributed by atoms with Gasteiger partial charge in [0.1, 0.15) is 5.82 Å². The van der Waals surface area contributed by atoms with Crippen LogP contribution in [0.15, 0.2) is 60.3 Å². The zero-order chi connectivity index (χ0) is 20.8. The van der Waals surface area contributed by atoms with E-state index in [9.17, 15) is 14.4 Å². The van der Waals surface area contributed by atoms with Crippen molar-refractivity contribution in [2.24, 2.45) is 0 Å². The van der Waals surface area contributed by atoms with Gasteiger partial charge in [0.2, 0.25) is 5.91 Å². The maximum Gasteiger partial charge on any atom is 0.251 e. The Morgan fingerprint density at radius 1 is 0.966 bits per heavy atom. The van der Waals surface area contributed by atoms with Gasteiger partial charge in [-0.1, -0.05) is 6.07 Å². The third kappa shape index (κ3) is 5.28. The van der Waals surface area contributed by atoms with Gasteiger partial charge in [-0.25, -0.2) is 4.98 Å². The maximum atomic E-state index is 12.5. The lowest BCUT2D eigenvalue weighted by Gasteiger charge is -2.35. The highest BCUT2D eigenvalue weighted by Gasteiger charge is 2.21. The van der Waals surface area contributed by atoms with Gasteiger partial charge in [0.15, 0.2) is 5.78 Å². The molecule has 0 bridgehead atoms. The number of amides is 2. The first-order chi connectivity index (χ1) is 13.9. The number of Topliss-reactive ketones (excluding diaryl/α,β-unsaturated/α-hetero) is 1. The van der Waals surface area contributed by atoms with E-state index in [1.165, 1.54) is 13.0 Å². The predicted octanol–water partition coefficient (Wildman–Crippen LogP) is 2.52. The lowest BCUT2D eigenvalue weighted by molar-refractivity contribution is -0.126. The number of pyridine rings is 1. The van der Waals surface area contributed by atoms with Crippen molar-refractivity contribution in [3.05, 3.63) is 65.9 Å². The summed E-state index contributed by atoms with van der Waals surface area (Å²) in [5.74, 6) is 0.348. The highest BCUT2D eigenvalue weighted by Crippen LogP contribution is 2.14. The minimum absolute atomic E-state index is 0.0345. The van der Waals surface area contributed by atoms with Gasteiger partial charge in [0.05, 0.1) is 0 Å². The fraction of sp³-hybridized carbons (Fsp3) is 0.273. The second-order valence-corrected chi connectivity index (χ2v) is 6.92. The molecule has 3 rings (SSSR count). The molecule has 150 valence electrons. The smallest absolute Gasteiger partial charge is 0.251 e. The number of carbonyl (C=O) groups excluding carboxylic acids is 3. The Balaban J connectivity index is 1.54. The summed E-state index contributed by atoms with van der Waals surface area (Å²) in [6.07, 6.45) is 3.13. The molecule has 7 nitrogen and oxygen atoms in total. The topological polar surface area (TPSA) is 82.6 Å². The number of piperazine rings is 1. The molecule has 0 spiro atoms. The van der Waals surface area contributed by atoms with Crippen molar-refractivity contribution >= 4 is 29.1 Å². The van der Waals surface area contributed by atoms with Crippen LogP contribution >= 0.6 is 0 Å². The van der Waals surface area contributed by atoms with Crippen LogP contribution in [-0.4, -0.2) is 53.7 Å². The van der Waals surface area contributed by atoms with Gasteiger partial charge < -0.3 is 15.1 Å². The molecule has 2 heterocycles. The number of nitrogens with one attached hydrogen (secondary N) is 1. The number of carbonyl (C=O) groups is 3. The molecule has 29 heavy (non-hydrogen) atoms. The van der Waals surface area contributed by atoms with Gasteiger partial charge in [0.25, 0.3) is 5.91 Å². The summed E-state index contributed by atoms with van der Waals surface area (Å²) in [5, 5.41) is 2.74. The largest absolute Gasteiger partial charge is 0.353 e. The Kier molecular flexibility index (Phi) is 6.39. The van der Waals surface area contributed by atoms with Gasteiger partial charge in [-0.15, -0.1) is 0 Å². The van der Waals surface area contributed by atoms with E-state index in [1.807, 2.05) is 18.2 Å². The molecule has 1 aliphatic heterocycles. The van der Waals surface area contributed by atoms with Crippen LogP contribution in [0.1, 0.15) is 24.2 Å². The predicted molar refractivity (Wildman–Crippen MR) is 112 cm³/mol. The molecule has 0 aliphatic carbocycles. The Labute approximate surface area is 170 Å². The van der Waals surface area contributed by atoms with E-state index in [4.69, 9.17) is 0 Å². The van der Waals surface area contributed by atoms with E-state index < -0.39 is 0 Å². The number of hydrogen-bond donors (Lipinski definition) is 1. The number of aromatic nitrogens is 1. The maximum absolute atomic E-state index is 12.5. The van der Waals surface area contributed by atoms with Crippen LogP contribution in [-0.2, 0) is 9.59 Å². The quantitative estimate of drug-likeness (QED) is 0.625. The van der Waals surface area contributed by atoms with E-state index >= 15 is 0 Å². The summed E-state index contributed by atoms with van der Waals surface area (Å²) in [5.41, 5.74) is 1.48. The SMILES string of the molecule is CC(=O)c1ccc(NC(=O)/C(C)=C\C(=O)N2CCN(c3ccccn3)CC2)cc1. The van der Waals surface area contributed by atoms with Crippen LogP contribution in [0.2, 0.25) is 0 Å². The molecule has 0 saturated carbocycles. The second kappa shape index (κ2) is 9.14.